The summed E-state index contributed by atoms with van der Waals surface area (Å²) in [4.78, 5) is 24.0. The van der Waals surface area contributed by atoms with Crippen LogP contribution < -0.4 is 16.0 Å². The van der Waals surface area contributed by atoms with E-state index in [0.29, 0.717) is 18.1 Å². The lowest BCUT2D eigenvalue weighted by Gasteiger charge is -2.29. The van der Waals surface area contributed by atoms with E-state index in [0.717, 1.165) is 53.4 Å². The Bertz CT molecular complexity index is 1310. The minimum absolute atomic E-state index is 0.331. The molecule has 5 rings (SSSR count). The molecule has 3 N–H and O–H groups in total. The van der Waals surface area contributed by atoms with Gasteiger partial charge in [0.05, 0.1) is 22.5 Å². The Hall–Kier alpha value is -3.94. The Balaban J connectivity index is 1.65. The summed E-state index contributed by atoms with van der Waals surface area (Å²) in [5, 5.41) is 8.09. The number of aryl methyl sites for hydroxylation is 2. The molecule has 3 aromatic heterocycles. The van der Waals surface area contributed by atoms with Gasteiger partial charge in [-0.2, -0.15) is 5.10 Å². The molecule has 4 aromatic rings. The number of aromatic nitrogens is 4. The van der Waals surface area contributed by atoms with Crippen LogP contribution in [-0.2, 0) is 13.0 Å². The molecular formula is C24H25N7O. The number of hydrogen-bond donors (Lipinski definition) is 2. The van der Waals surface area contributed by atoms with Crippen LogP contribution >= 0.6 is 0 Å². The quantitative estimate of drug-likeness (QED) is 0.507. The van der Waals surface area contributed by atoms with Gasteiger partial charge in [-0.15, -0.1) is 0 Å². The Labute approximate surface area is 186 Å². The normalized spacial score (nSPS) is 13.2. The van der Waals surface area contributed by atoms with Crippen molar-refractivity contribution in [3.05, 3.63) is 71.2 Å². The van der Waals surface area contributed by atoms with Gasteiger partial charge in [0, 0.05) is 20.1 Å². The van der Waals surface area contributed by atoms with Gasteiger partial charge in [-0.3, -0.25) is 4.79 Å². The van der Waals surface area contributed by atoms with Crippen LogP contribution in [0.2, 0.25) is 0 Å². The van der Waals surface area contributed by atoms with E-state index in [-0.39, 0.29) is 0 Å². The second-order valence-electron chi connectivity index (χ2n) is 8.09. The number of amides is 1. The summed E-state index contributed by atoms with van der Waals surface area (Å²) in [6.45, 7) is 3.53. The highest BCUT2D eigenvalue weighted by Gasteiger charge is 2.25. The van der Waals surface area contributed by atoms with Crippen molar-refractivity contribution in [1.82, 2.24) is 19.6 Å². The van der Waals surface area contributed by atoms with Gasteiger partial charge < -0.3 is 16.0 Å². The lowest BCUT2D eigenvalue weighted by molar-refractivity contribution is 0.0993. The molecule has 0 saturated heterocycles. The molecule has 0 spiro atoms. The van der Waals surface area contributed by atoms with Crippen LogP contribution in [0, 0.1) is 6.92 Å². The molecule has 8 heteroatoms. The van der Waals surface area contributed by atoms with Crippen LogP contribution in [0.5, 0.6) is 0 Å². The fourth-order valence-corrected chi connectivity index (χ4v) is 4.34. The maximum absolute atomic E-state index is 11.9. The lowest BCUT2D eigenvalue weighted by atomic mass is 10.1. The van der Waals surface area contributed by atoms with E-state index in [1.165, 1.54) is 5.56 Å². The monoisotopic (exact) mass is 427 g/mol. The van der Waals surface area contributed by atoms with Gasteiger partial charge in [0.1, 0.15) is 11.4 Å². The zero-order chi connectivity index (χ0) is 22.2. The molecule has 4 heterocycles. The van der Waals surface area contributed by atoms with E-state index < -0.39 is 5.91 Å². The van der Waals surface area contributed by atoms with Crippen molar-refractivity contribution in [2.45, 2.75) is 26.3 Å². The number of carbonyl (C=O) groups is 1. The Morgan fingerprint density at radius 2 is 1.94 bits per heavy atom. The second kappa shape index (κ2) is 7.96. The average molecular weight is 428 g/mol. The highest BCUT2D eigenvalue weighted by molar-refractivity contribution is 5.93. The molecule has 0 bridgehead atoms. The number of nitrogens with zero attached hydrogens (tertiary/aromatic N) is 5. The third-order valence-corrected chi connectivity index (χ3v) is 5.86. The van der Waals surface area contributed by atoms with Crippen molar-refractivity contribution in [3.8, 4) is 11.4 Å². The summed E-state index contributed by atoms with van der Waals surface area (Å²) in [6, 6.07) is 15.6. The van der Waals surface area contributed by atoms with Crippen molar-refractivity contribution < 1.29 is 4.79 Å². The van der Waals surface area contributed by atoms with Crippen LogP contribution in [0.3, 0.4) is 0 Å². The summed E-state index contributed by atoms with van der Waals surface area (Å²) >= 11 is 0. The van der Waals surface area contributed by atoms with Gasteiger partial charge in [0.2, 0.25) is 0 Å². The number of carbonyl (C=O) groups excluding carboxylic acids is 1. The molecule has 0 unspecified atom stereocenters. The number of pyridine rings is 1. The molecule has 1 aromatic carbocycles. The van der Waals surface area contributed by atoms with Crippen molar-refractivity contribution in [1.29, 1.82) is 0 Å². The van der Waals surface area contributed by atoms with Crippen LogP contribution in [0.25, 0.3) is 16.9 Å². The first-order chi connectivity index (χ1) is 15.5. The minimum Gasteiger partial charge on any atom is -0.370 e. The Morgan fingerprint density at radius 3 is 2.72 bits per heavy atom. The number of primary amides is 1. The fourth-order valence-electron chi connectivity index (χ4n) is 4.34. The largest absolute Gasteiger partial charge is 0.370 e. The molecule has 0 aliphatic carbocycles. The number of fused-ring (bicyclic) bond motifs is 2. The number of nitrogens with two attached hydrogens (primary N) is 1. The number of rotatable bonds is 5. The van der Waals surface area contributed by atoms with Crippen LogP contribution in [0.15, 0.2) is 48.5 Å². The van der Waals surface area contributed by atoms with Gasteiger partial charge in [-0.25, -0.2) is 14.5 Å². The molecule has 0 radical (unpaired) electrons. The molecule has 0 fully saturated rings. The van der Waals surface area contributed by atoms with E-state index in [1.807, 2.05) is 31.2 Å². The van der Waals surface area contributed by atoms with Crippen molar-refractivity contribution in [3.63, 3.8) is 0 Å². The van der Waals surface area contributed by atoms with Gasteiger partial charge in [0.15, 0.2) is 11.6 Å². The number of nitrogens with one attached hydrogen (secondary N) is 1. The van der Waals surface area contributed by atoms with E-state index in [4.69, 9.17) is 15.7 Å². The van der Waals surface area contributed by atoms with E-state index >= 15 is 0 Å². The van der Waals surface area contributed by atoms with Gasteiger partial charge in [-0.1, -0.05) is 36.4 Å². The zero-order valence-electron chi connectivity index (χ0n) is 18.2. The summed E-state index contributed by atoms with van der Waals surface area (Å²) in [5.41, 5.74) is 11.4. The molecule has 1 aliphatic rings. The number of benzene rings is 1. The van der Waals surface area contributed by atoms with Gasteiger partial charge in [-0.05, 0) is 37.5 Å². The first-order valence-electron chi connectivity index (χ1n) is 10.7. The number of anilines is 2. The molecule has 1 amide bonds. The maximum Gasteiger partial charge on any atom is 0.267 e. The molecule has 162 valence electrons. The van der Waals surface area contributed by atoms with Crippen molar-refractivity contribution >= 4 is 22.9 Å². The highest BCUT2D eigenvalue weighted by atomic mass is 16.1. The third kappa shape index (κ3) is 3.43. The van der Waals surface area contributed by atoms with Crippen molar-refractivity contribution in [2.24, 2.45) is 5.73 Å². The summed E-state index contributed by atoms with van der Waals surface area (Å²) in [5.74, 6) is 0.882. The van der Waals surface area contributed by atoms with E-state index in [2.05, 4.69) is 34.5 Å². The number of hydrogen-bond acceptors (Lipinski definition) is 6. The van der Waals surface area contributed by atoms with E-state index in [9.17, 15) is 4.79 Å². The predicted molar refractivity (Wildman–Crippen MR) is 125 cm³/mol. The second-order valence-corrected chi connectivity index (χ2v) is 8.09. The zero-order valence-corrected chi connectivity index (χ0v) is 18.2. The van der Waals surface area contributed by atoms with Crippen molar-refractivity contribution in [2.75, 3.05) is 23.8 Å². The van der Waals surface area contributed by atoms with Gasteiger partial charge >= 0.3 is 0 Å². The summed E-state index contributed by atoms with van der Waals surface area (Å²) in [6.07, 6.45) is 1.93. The van der Waals surface area contributed by atoms with Gasteiger partial charge in [0.25, 0.3) is 5.91 Å². The smallest absolute Gasteiger partial charge is 0.267 e. The Kier molecular flexibility index (Phi) is 4.97. The van der Waals surface area contributed by atoms with Crippen LogP contribution in [-0.4, -0.2) is 39.1 Å². The van der Waals surface area contributed by atoms with Crippen LogP contribution in [0.4, 0.5) is 11.5 Å². The molecule has 0 atom stereocenters. The topological polar surface area (TPSA) is 101 Å². The maximum atomic E-state index is 11.9. The summed E-state index contributed by atoms with van der Waals surface area (Å²) < 4.78 is 1.58. The Morgan fingerprint density at radius 1 is 1.12 bits per heavy atom. The minimum atomic E-state index is -0.525. The SMILES string of the molecule is Cc1nn2c(C(N)=O)cccc2c1-c1nc2c(c(NCc3ccccc3)n1)N(C)CCC2. The molecule has 32 heavy (non-hydrogen) atoms. The highest BCUT2D eigenvalue weighted by Crippen LogP contribution is 2.35. The molecule has 0 saturated carbocycles. The predicted octanol–water partition coefficient (Wildman–Crippen LogP) is 3.19. The first-order valence-corrected chi connectivity index (χ1v) is 10.7. The van der Waals surface area contributed by atoms with E-state index in [1.54, 1.807) is 16.6 Å². The average Bonchev–Trinajstić information content (AvgIpc) is 3.13. The first kappa shape index (κ1) is 20.0. The molecule has 8 nitrogen and oxygen atoms in total. The molecule has 1 aliphatic heterocycles. The fraction of sp³-hybridized carbons (Fsp3) is 0.250. The lowest BCUT2D eigenvalue weighted by Crippen LogP contribution is -2.27. The third-order valence-electron chi connectivity index (χ3n) is 5.86. The summed E-state index contributed by atoms with van der Waals surface area (Å²) in [7, 11) is 2.08. The molecular weight excluding hydrogens is 402 g/mol. The van der Waals surface area contributed by atoms with Crippen LogP contribution in [0.1, 0.15) is 33.9 Å². The standard InChI is InChI=1S/C24H25N7O/c1-15-20(18-11-6-12-19(22(25)32)31(18)29-15)23-27-17-10-7-13-30(2)21(17)24(28-23)26-14-16-8-4-3-5-9-16/h3-6,8-9,11-12H,7,10,13-14H2,1-2H3,(H2,25,32)(H,26,27,28).